The van der Waals surface area contributed by atoms with E-state index in [4.69, 9.17) is 5.73 Å². The average Bonchev–Trinajstić information content (AvgIpc) is 3.41. The number of hydrogen-bond donors (Lipinski definition) is 2. The molecular weight excluding hydrogens is 528 g/mol. The third-order valence-corrected chi connectivity index (χ3v) is 6.23. The number of carbonyl (C=O) groups excluding carboxylic acids is 1. The largest absolute Gasteiger partial charge is 0.493 e. The molecule has 0 bridgehead atoms. The Hall–Kier alpha value is -3.72. The van der Waals surface area contributed by atoms with Crippen LogP contribution in [0.1, 0.15) is 22.7 Å². The molecule has 0 saturated heterocycles. The number of nitrogens with zero attached hydrogens (tertiary/aromatic N) is 4. The molecule has 3 N–H and O–H groups in total. The molecule has 15 heteroatoms. The molecule has 1 atom stereocenters. The highest BCUT2D eigenvalue weighted by Crippen LogP contribution is 2.31. The van der Waals surface area contributed by atoms with E-state index >= 15 is 0 Å². The van der Waals surface area contributed by atoms with Gasteiger partial charge in [0.1, 0.15) is 15.7 Å². The van der Waals surface area contributed by atoms with E-state index in [9.17, 15) is 36.2 Å². The highest BCUT2D eigenvalue weighted by molar-refractivity contribution is 7.14. The first-order valence-corrected chi connectivity index (χ1v) is 11.4. The minimum absolute atomic E-state index is 0.0346. The lowest BCUT2D eigenvalue weighted by molar-refractivity contribution is -0.199. The number of fused-ring (bicyclic) bond motifs is 1. The second-order valence-electron chi connectivity index (χ2n) is 8.00. The molecule has 0 aliphatic rings. The van der Waals surface area contributed by atoms with E-state index in [1.54, 1.807) is 6.07 Å². The van der Waals surface area contributed by atoms with Crippen molar-refractivity contribution in [3.05, 3.63) is 58.9 Å². The minimum atomic E-state index is -5.23. The first-order chi connectivity index (χ1) is 17.3. The number of nitrogens with two attached hydrogens (primary N) is 1. The summed E-state index contributed by atoms with van der Waals surface area (Å²) in [5.41, 5.74) is 6.31. The molecule has 3 heterocycles. The minimum Gasteiger partial charge on any atom is -0.492 e. The third kappa shape index (κ3) is 6.17. The molecule has 4 rings (SSSR count). The number of rotatable bonds is 7. The van der Waals surface area contributed by atoms with E-state index in [2.05, 4.69) is 20.0 Å². The Labute approximate surface area is 208 Å². The predicted octanol–water partition coefficient (Wildman–Crippen LogP) is 4.30. The van der Waals surface area contributed by atoms with Crippen molar-refractivity contribution in [3.63, 3.8) is 0 Å². The van der Waals surface area contributed by atoms with Crippen LogP contribution in [-0.2, 0) is 23.8 Å². The van der Waals surface area contributed by atoms with Crippen LogP contribution >= 0.6 is 11.3 Å². The van der Waals surface area contributed by atoms with E-state index < -0.39 is 29.9 Å². The quantitative estimate of drug-likeness (QED) is 0.333. The maximum absolute atomic E-state index is 12.6. The van der Waals surface area contributed by atoms with Gasteiger partial charge in [0.05, 0.1) is 5.52 Å². The predicted molar refractivity (Wildman–Crippen MR) is 119 cm³/mol. The van der Waals surface area contributed by atoms with Crippen LogP contribution in [0.5, 0.6) is 5.88 Å². The van der Waals surface area contributed by atoms with Crippen molar-refractivity contribution in [1.29, 1.82) is 0 Å². The summed E-state index contributed by atoms with van der Waals surface area (Å²) >= 11 is 1.25. The smallest absolute Gasteiger partial charge is 0.492 e. The molecule has 0 aliphatic heterocycles. The summed E-state index contributed by atoms with van der Waals surface area (Å²) in [5.74, 6) is -3.18. The maximum Gasteiger partial charge on any atom is 0.493 e. The SMILES string of the molecule is NC(CCc1nnc(-c2ccc3c(c2)cc(O)n3OC(=O)C(F)(F)F)s1)Cc1ccc(C(F)(F)F)nc1. The molecule has 4 aromatic rings. The van der Waals surface area contributed by atoms with E-state index in [1.807, 2.05) is 0 Å². The summed E-state index contributed by atoms with van der Waals surface area (Å²) in [4.78, 5) is 18.8. The maximum atomic E-state index is 12.6. The fourth-order valence-corrected chi connectivity index (χ4v) is 4.29. The summed E-state index contributed by atoms with van der Waals surface area (Å²) in [7, 11) is 0. The number of pyridine rings is 1. The molecule has 196 valence electrons. The molecule has 0 radical (unpaired) electrons. The number of benzene rings is 1. The van der Waals surface area contributed by atoms with Gasteiger partial charge in [-0.15, -0.1) is 14.9 Å². The number of halogens is 6. The summed E-state index contributed by atoms with van der Waals surface area (Å²) < 4.78 is 75.8. The van der Waals surface area contributed by atoms with Crippen LogP contribution in [0.15, 0.2) is 42.6 Å². The van der Waals surface area contributed by atoms with Crippen LogP contribution in [0.3, 0.4) is 0 Å². The molecule has 8 nitrogen and oxygen atoms in total. The lowest BCUT2D eigenvalue weighted by Crippen LogP contribution is -2.33. The van der Waals surface area contributed by atoms with Gasteiger partial charge in [-0.05, 0) is 42.7 Å². The number of carbonyl (C=O) groups is 1. The Kier molecular flexibility index (Phi) is 7.10. The van der Waals surface area contributed by atoms with Gasteiger partial charge in [0.2, 0.25) is 5.88 Å². The topological polar surface area (TPSA) is 116 Å². The molecule has 0 saturated carbocycles. The highest BCUT2D eigenvalue weighted by Gasteiger charge is 2.42. The van der Waals surface area contributed by atoms with Gasteiger partial charge in [-0.1, -0.05) is 17.4 Å². The second kappa shape index (κ2) is 9.97. The Morgan fingerprint density at radius 3 is 2.51 bits per heavy atom. The molecule has 1 unspecified atom stereocenters. The first-order valence-electron chi connectivity index (χ1n) is 10.6. The zero-order chi connectivity index (χ0) is 27.0. The van der Waals surface area contributed by atoms with E-state index in [1.165, 1.54) is 29.5 Å². The Morgan fingerprint density at radius 2 is 1.86 bits per heavy atom. The van der Waals surface area contributed by atoms with Gasteiger partial charge in [0.25, 0.3) is 0 Å². The zero-order valence-corrected chi connectivity index (χ0v) is 19.4. The van der Waals surface area contributed by atoms with Crippen molar-refractivity contribution in [2.75, 3.05) is 0 Å². The van der Waals surface area contributed by atoms with Crippen molar-refractivity contribution < 1.29 is 41.1 Å². The van der Waals surface area contributed by atoms with Crippen LogP contribution in [0.2, 0.25) is 0 Å². The van der Waals surface area contributed by atoms with Crippen molar-refractivity contribution >= 4 is 28.2 Å². The van der Waals surface area contributed by atoms with E-state index in [-0.39, 0.29) is 11.6 Å². The van der Waals surface area contributed by atoms with Crippen molar-refractivity contribution in [2.45, 2.75) is 37.7 Å². The summed E-state index contributed by atoms with van der Waals surface area (Å²) in [6, 6.07) is 7.45. The molecule has 0 aliphatic carbocycles. The molecule has 0 fully saturated rings. The Bertz CT molecular complexity index is 1420. The van der Waals surface area contributed by atoms with Gasteiger partial charge in [-0.2, -0.15) is 26.3 Å². The zero-order valence-electron chi connectivity index (χ0n) is 18.5. The normalized spacial score (nSPS) is 13.2. The molecule has 3 aromatic heterocycles. The molecule has 37 heavy (non-hydrogen) atoms. The van der Waals surface area contributed by atoms with Crippen LogP contribution in [-0.4, -0.2) is 43.2 Å². The van der Waals surface area contributed by atoms with E-state index in [0.29, 0.717) is 50.5 Å². The Balaban J connectivity index is 1.39. The van der Waals surface area contributed by atoms with Gasteiger partial charge in [-0.3, -0.25) is 4.98 Å². The van der Waals surface area contributed by atoms with Gasteiger partial charge in [0.15, 0.2) is 0 Å². The summed E-state index contributed by atoms with van der Waals surface area (Å²) in [6.07, 6.45) is -7.33. The third-order valence-electron chi connectivity index (χ3n) is 5.20. The number of aromatic hydroxyl groups is 1. The first kappa shape index (κ1) is 26.3. The lowest BCUT2D eigenvalue weighted by atomic mass is 10.0. The van der Waals surface area contributed by atoms with E-state index in [0.717, 1.165) is 18.3 Å². The van der Waals surface area contributed by atoms with Gasteiger partial charge < -0.3 is 15.7 Å². The lowest BCUT2D eigenvalue weighted by Gasteiger charge is -2.11. The van der Waals surface area contributed by atoms with Crippen LogP contribution in [0.4, 0.5) is 26.3 Å². The fourth-order valence-electron chi connectivity index (χ4n) is 3.44. The number of aromatic nitrogens is 4. The van der Waals surface area contributed by atoms with Crippen molar-refractivity contribution in [2.24, 2.45) is 5.73 Å². The van der Waals surface area contributed by atoms with Crippen LogP contribution in [0, 0.1) is 0 Å². The van der Waals surface area contributed by atoms with Crippen molar-refractivity contribution in [3.8, 4) is 16.5 Å². The standard InChI is InChI=1S/C22H17F6N5O3S/c23-21(24,25)16-5-1-11(10-30-16)7-14(29)3-6-17-31-32-19(37-17)12-2-4-15-13(8-12)9-18(34)33(15)36-20(35)22(26,27)28/h1-2,4-5,8-10,14,34H,3,6-7,29H2. The van der Waals surface area contributed by atoms with Crippen LogP contribution < -0.4 is 10.6 Å². The molecular formula is C22H17F6N5O3S. The van der Waals surface area contributed by atoms with Gasteiger partial charge in [-0.25, -0.2) is 4.79 Å². The number of hydrogen-bond acceptors (Lipinski definition) is 8. The fraction of sp³-hybridized carbons (Fsp3) is 0.273. The molecule has 0 spiro atoms. The van der Waals surface area contributed by atoms with Crippen molar-refractivity contribution in [1.82, 2.24) is 19.9 Å². The monoisotopic (exact) mass is 545 g/mol. The highest BCUT2D eigenvalue weighted by atomic mass is 32.1. The Morgan fingerprint density at radius 1 is 1.11 bits per heavy atom. The number of aryl methyl sites for hydroxylation is 1. The second-order valence-corrected chi connectivity index (χ2v) is 9.06. The summed E-state index contributed by atoms with van der Waals surface area (Å²) in [6.45, 7) is 0. The average molecular weight is 545 g/mol. The van der Waals surface area contributed by atoms with Gasteiger partial charge >= 0.3 is 18.3 Å². The summed E-state index contributed by atoms with van der Waals surface area (Å²) in [5, 5.41) is 19.6. The van der Waals surface area contributed by atoms with Crippen LogP contribution in [0.25, 0.3) is 21.5 Å². The van der Waals surface area contributed by atoms with Gasteiger partial charge in [0, 0.05) is 35.7 Å². The molecule has 0 amide bonds. The molecule has 1 aromatic carbocycles. The number of alkyl halides is 6.